The quantitative estimate of drug-likeness (QED) is 0.139. The number of hydrogen-bond acceptors (Lipinski definition) is 7. The van der Waals surface area contributed by atoms with E-state index in [9.17, 15) is 4.79 Å². The summed E-state index contributed by atoms with van der Waals surface area (Å²) in [7, 11) is 4.67. The van der Waals surface area contributed by atoms with Gasteiger partial charge in [0.15, 0.2) is 0 Å². The molecule has 4 rings (SSSR count). The number of carbonyl (C=O) groups excluding carboxylic acids is 1. The van der Waals surface area contributed by atoms with E-state index in [1.807, 2.05) is 42.5 Å². The van der Waals surface area contributed by atoms with Crippen LogP contribution in [-0.2, 0) is 39.5 Å². The highest BCUT2D eigenvalue weighted by Gasteiger charge is 2.40. The minimum atomic E-state index is -0.548. The maximum atomic E-state index is 12.6. The summed E-state index contributed by atoms with van der Waals surface area (Å²) in [5.41, 5.74) is 3.86. The molecule has 1 aliphatic rings. The second-order valence-electron chi connectivity index (χ2n) is 9.37. The number of carbonyl (C=O) groups is 1. The molecule has 0 bridgehead atoms. The molecular weight excluding hydrogens is 634 g/mol. The van der Waals surface area contributed by atoms with Crippen LogP contribution in [0.15, 0.2) is 51.4 Å². The van der Waals surface area contributed by atoms with Crippen LogP contribution in [0.25, 0.3) is 0 Å². The lowest BCUT2D eigenvalue weighted by Crippen LogP contribution is -2.28. The van der Waals surface area contributed by atoms with E-state index in [0.29, 0.717) is 41.6 Å². The molecule has 0 aliphatic carbocycles. The summed E-state index contributed by atoms with van der Waals surface area (Å²) in [4.78, 5) is 22.6. The van der Waals surface area contributed by atoms with Gasteiger partial charge in [-0.15, -0.1) is 0 Å². The van der Waals surface area contributed by atoms with Crippen LogP contribution >= 0.6 is 31.9 Å². The normalized spacial score (nSPS) is 13.1. The van der Waals surface area contributed by atoms with Crippen molar-refractivity contribution in [2.75, 3.05) is 27.9 Å². The third-order valence-electron chi connectivity index (χ3n) is 6.70. The summed E-state index contributed by atoms with van der Waals surface area (Å²) >= 11 is 7.32. The first-order valence-electron chi connectivity index (χ1n) is 12.3. The summed E-state index contributed by atoms with van der Waals surface area (Å²) in [5.74, 6) is 2.49. The molecular formula is C29H31Br2NO7. The molecule has 0 saturated heterocycles. The number of nitrogens with one attached hydrogen (secondary N) is 1. The van der Waals surface area contributed by atoms with E-state index in [1.54, 1.807) is 14.2 Å². The van der Waals surface area contributed by atoms with Crippen LogP contribution < -0.4 is 19.5 Å². The van der Waals surface area contributed by atoms with Crippen molar-refractivity contribution in [2.45, 2.75) is 38.8 Å². The van der Waals surface area contributed by atoms with Crippen LogP contribution in [0.4, 0.5) is 4.79 Å². The SMILES string of the molecule is COOCCc1c(OC)c(Br)cc2c1Oc1c(cc(Br)c(OC)c1CNC(=O)OCc1ccccc1)C2(C)C. The minimum Gasteiger partial charge on any atom is -0.495 e. The van der Waals surface area contributed by atoms with Crippen LogP contribution in [-0.4, -0.2) is 34.0 Å². The number of hydrogen-bond donors (Lipinski definition) is 1. The van der Waals surface area contributed by atoms with Crippen molar-refractivity contribution < 1.29 is 33.5 Å². The Labute approximate surface area is 245 Å². The lowest BCUT2D eigenvalue weighted by atomic mass is 9.74. The third kappa shape index (κ3) is 6.04. The fourth-order valence-electron chi connectivity index (χ4n) is 4.73. The van der Waals surface area contributed by atoms with Crippen LogP contribution in [0.5, 0.6) is 23.0 Å². The van der Waals surface area contributed by atoms with Gasteiger partial charge in [-0.2, -0.15) is 0 Å². The van der Waals surface area contributed by atoms with E-state index >= 15 is 0 Å². The first-order valence-corrected chi connectivity index (χ1v) is 13.9. The lowest BCUT2D eigenvalue weighted by molar-refractivity contribution is -0.271. The molecule has 0 unspecified atom stereocenters. The maximum absolute atomic E-state index is 12.6. The highest BCUT2D eigenvalue weighted by molar-refractivity contribution is 9.11. The molecule has 208 valence electrons. The molecule has 1 aliphatic heterocycles. The molecule has 0 saturated carbocycles. The van der Waals surface area contributed by atoms with Gasteiger partial charge in [0.05, 0.1) is 49.0 Å². The molecule has 1 heterocycles. The topological polar surface area (TPSA) is 84.5 Å². The van der Waals surface area contributed by atoms with E-state index < -0.39 is 11.5 Å². The maximum Gasteiger partial charge on any atom is 0.407 e. The number of benzene rings is 3. The highest BCUT2D eigenvalue weighted by Crippen LogP contribution is 2.56. The number of fused-ring (bicyclic) bond motifs is 2. The van der Waals surface area contributed by atoms with Gasteiger partial charge in [-0.1, -0.05) is 44.2 Å². The molecule has 0 radical (unpaired) electrons. The monoisotopic (exact) mass is 663 g/mol. The van der Waals surface area contributed by atoms with Crippen molar-refractivity contribution in [3.8, 4) is 23.0 Å². The van der Waals surface area contributed by atoms with Gasteiger partial charge in [-0.05, 0) is 49.6 Å². The first kappa shape index (κ1) is 29.2. The van der Waals surface area contributed by atoms with Gasteiger partial charge in [0.2, 0.25) is 0 Å². The molecule has 3 aromatic rings. The van der Waals surface area contributed by atoms with Crippen molar-refractivity contribution >= 4 is 38.0 Å². The number of alkyl carbamates (subject to hydrolysis) is 1. The summed E-state index contributed by atoms with van der Waals surface area (Å²) in [6, 6.07) is 13.5. The summed E-state index contributed by atoms with van der Waals surface area (Å²) in [6.07, 6.45) is -0.0647. The Morgan fingerprint density at radius 3 is 2.10 bits per heavy atom. The van der Waals surface area contributed by atoms with Gasteiger partial charge in [-0.25, -0.2) is 14.6 Å². The average Bonchev–Trinajstić information content (AvgIpc) is 2.92. The van der Waals surface area contributed by atoms with Gasteiger partial charge in [0.1, 0.15) is 29.6 Å². The molecule has 8 nitrogen and oxygen atoms in total. The van der Waals surface area contributed by atoms with Crippen molar-refractivity contribution in [3.63, 3.8) is 0 Å². The van der Waals surface area contributed by atoms with E-state index in [-0.39, 0.29) is 13.2 Å². The highest BCUT2D eigenvalue weighted by atomic mass is 79.9. The van der Waals surface area contributed by atoms with Crippen molar-refractivity contribution in [2.24, 2.45) is 0 Å². The zero-order chi connectivity index (χ0) is 28.2. The van der Waals surface area contributed by atoms with Crippen molar-refractivity contribution in [1.82, 2.24) is 5.32 Å². The van der Waals surface area contributed by atoms with Gasteiger partial charge in [0.25, 0.3) is 0 Å². The number of methoxy groups -OCH3 is 2. The Morgan fingerprint density at radius 1 is 0.923 bits per heavy atom. The van der Waals surface area contributed by atoms with Crippen LogP contribution in [0.1, 0.15) is 41.7 Å². The zero-order valence-corrected chi connectivity index (χ0v) is 25.7. The van der Waals surface area contributed by atoms with Gasteiger partial charge < -0.3 is 24.3 Å². The molecule has 0 fully saturated rings. The Kier molecular flexibility index (Phi) is 9.43. The fraction of sp³-hybridized carbons (Fsp3) is 0.345. The van der Waals surface area contributed by atoms with Crippen LogP contribution in [0.2, 0.25) is 0 Å². The smallest absolute Gasteiger partial charge is 0.407 e. The standard InChI is InChI=1S/C29H31Br2NO7/c1-29(2)20-13-22(30)26(34-3)18(11-12-38-36-5)24(20)39-25-19(27(35-4)23(31)14-21(25)29)15-32-28(33)37-16-17-9-7-6-8-10-17/h6-10,13-14H,11-12,15-16H2,1-5H3,(H,32,33). The Balaban J connectivity index is 1.72. The number of halogens is 2. The number of ether oxygens (including phenoxy) is 4. The zero-order valence-electron chi connectivity index (χ0n) is 22.5. The lowest BCUT2D eigenvalue weighted by Gasteiger charge is -2.38. The molecule has 39 heavy (non-hydrogen) atoms. The van der Waals surface area contributed by atoms with Crippen molar-refractivity contribution in [3.05, 3.63) is 79.2 Å². The fourth-order valence-corrected chi connectivity index (χ4v) is 6.00. The third-order valence-corrected chi connectivity index (χ3v) is 7.87. The minimum absolute atomic E-state index is 0.125. The summed E-state index contributed by atoms with van der Waals surface area (Å²) in [6.45, 7) is 4.86. The van der Waals surface area contributed by atoms with Gasteiger partial charge in [-0.3, -0.25) is 0 Å². The molecule has 0 aromatic heterocycles. The Bertz CT molecular complexity index is 1350. The molecule has 0 spiro atoms. The van der Waals surface area contributed by atoms with Crippen LogP contribution in [0.3, 0.4) is 0 Å². The second-order valence-corrected chi connectivity index (χ2v) is 11.1. The summed E-state index contributed by atoms with van der Waals surface area (Å²) in [5, 5.41) is 2.85. The molecule has 1 amide bonds. The first-order chi connectivity index (χ1) is 18.7. The molecule has 10 heteroatoms. The predicted molar refractivity (Wildman–Crippen MR) is 154 cm³/mol. The number of amides is 1. The van der Waals surface area contributed by atoms with E-state index in [0.717, 1.165) is 31.2 Å². The predicted octanol–water partition coefficient (Wildman–Crippen LogP) is 7.21. The Morgan fingerprint density at radius 2 is 1.51 bits per heavy atom. The summed E-state index contributed by atoms with van der Waals surface area (Å²) < 4.78 is 25.1. The largest absolute Gasteiger partial charge is 0.495 e. The molecule has 1 N–H and O–H groups in total. The van der Waals surface area contributed by atoms with Gasteiger partial charge >= 0.3 is 6.09 Å². The van der Waals surface area contributed by atoms with E-state index in [1.165, 1.54) is 7.11 Å². The van der Waals surface area contributed by atoms with Crippen molar-refractivity contribution in [1.29, 1.82) is 0 Å². The number of rotatable bonds is 10. The van der Waals surface area contributed by atoms with E-state index in [2.05, 4.69) is 51.0 Å². The van der Waals surface area contributed by atoms with E-state index in [4.69, 9.17) is 28.7 Å². The van der Waals surface area contributed by atoms with Gasteiger partial charge in [0, 0.05) is 28.5 Å². The average molecular weight is 665 g/mol. The molecule has 0 atom stereocenters. The van der Waals surface area contributed by atoms with Crippen LogP contribution in [0, 0.1) is 0 Å². The second kappa shape index (κ2) is 12.6. The molecule has 3 aromatic carbocycles. The Hall–Kier alpha value is -2.79.